The van der Waals surface area contributed by atoms with E-state index in [4.69, 9.17) is 14.8 Å². The number of fused-ring (bicyclic) bond motifs is 3. The zero-order valence-electron chi connectivity index (χ0n) is 16.0. The first-order valence-corrected chi connectivity index (χ1v) is 10.2. The quantitative estimate of drug-likeness (QED) is 0.652. The highest BCUT2D eigenvalue weighted by Crippen LogP contribution is 2.21. The van der Waals surface area contributed by atoms with E-state index in [0.29, 0.717) is 31.5 Å². The first kappa shape index (κ1) is 17.4. The summed E-state index contributed by atoms with van der Waals surface area (Å²) < 4.78 is 9.21. The lowest BCUT2D eigenvalue weighted by molar-refractivity contribution is 0.122. The molecule has 0 unspecified atom stereocenters. The third-order valence-electron chi connectivity index (χ3n) is 5.75. The van der Waals surface area contributed by atoms with Crippen molar-refractivity contribution < 1.29 is 4.74 Å². The van der Waals surface area contributed by atoms with Crippen molar-refractivity contribution in [3.63, 3.8) is 0 Å². The second-order valence-corrected chi connectivity index (χ2v) is 7.59. The minimum atomic E-state index is 0.0918. The number of benzene rings is 1. The Hall–Kier alpha value is -2.67. The number of anilines is 1. The van der Waals surface area contributed by atoms with Crippen LogP contribution in [0.15, 0.2) is 35.1 Å². The molecule has 0 bridgehead atoms. The maximum atomic E-state index is 13.4. The van der Waals surface area contributed by atoms with E-state index in [1.807, 2.05) is 34.8 Å². The van der Waals surface area contributed by atoms with Crippen LogP contribution in [0.5, 0.6) is 0 Å². The maximum Gasteiger partial charge on any atom is 0.258 e. The Kier molecular flexibility index (Phi) is 4.60. The molecule has 0 N–H and O–H groups in total. The van der Waals surface area contributed by atoms with Gasteiger partial charge in [0, 0.05) is 18.7 Å². The third-order valence-corrected chi connectivity index (χ3v) is 5.75. The molecule has 0 atom stereocenters. The van der Waals surface area contributed by atoms with Crippen LogP contribution in [0.4, 0.5) is 5.95 Å². The Balaban J connectivity index is 1.69. The number of morpholine rings is 1. The number of rotatable bonds is 3. The largest absolute Gasteiger partial charge is 0.378 e. The van der Waals surface area contributed by atoms with Crippen molar-refractivity contribution in [2.24, 2.45) is 0 Å². The fraction of sp³-hybridized carbons (Fsp3) is 0.476. The SMILES string of the molecule is O=c1c2c(n3nc(N4CCOCC4)nc3n1Cc1ccccc1)CCCCC2. The summed E-state index contributed by atoms with van der Waals surface area (Å²) in [5, 5.41) is 4.85. The lowest BCUT2D eigenvalue weighted by Gasteiger charge is -2.25. The van der Waals surface area contributed by atoms with Crippen LogP contribution >= 0.6 is 0 Å². The smallest absolute Gasteiger partial charge is 0.258 e. The van der Waals surface area contributed by atoms with Crippen molar-refractivity contribution in [2.75, 3.05) is 31.2 Å². The normalized spacial score (nSPS) is 17.5. The zero-order valence-corrected chi connectivity index (χ0v) is 16.0. The van der Waals surface area contributed by atoms with Crippen LogP contribution in [0.1, 0.15) is 36.1 Å². The molecule has 7 heteroatoms. The van der Waals surface area contributed by atoms with E-state index in [2.05, 4.69) is 4.90 Å². The summed E-state index contributed by atoms with van der Waals surface area (Å²) in [4.78, 5) is 20.4. The molecule has 7 nitrogen and oxygen atoms in total. The van der Waals surface area contributed by atoms with Gasteiger partial charge in [-0.1, -0.05) is 36.8 Å². The third kappa shape index (κ3) is 3.09. The summed E-state index contributed by atoms with van der Waals surface area (Å²) in [5.41, 5.74) is 3.15. The number of hydrogen-bond donors (Lipinski definition) is 0. The Labute approximate surface area is 163 Å². The molecule has 1 aliphatic heterocycles. The van der Waals surface area contributed by atoms with Crippen LogP contribution < -0.4 is 10.5 Å². The molecule has 3 heterocycles. The van der Waals surface area contributed by atoms with E-state index in [-0.39, 0.29) is 5.56 Å². The summed E-state index contributed by atoms with van der Waals surface area (Å²) in [6, 6.07) is 10.1. The molecule has 0 amide bonds. The second-order valence-electron chi connectivity index (χ2n) is 7.59. The van der Waals surface area contributed by atoms with Crippen molar-refractivity contribution in [2.45, 2.75) is 38.6 Å². The van der Waals surface area contributed by atoms with Gasteiger partial charge in [0.25, 0.3) is 5.56 Å². The molecular formula is C21H25N5O2. The first-order valence-electron chi connectivity index (χ1n) is 10.2. The molecule has 0 saturated carbocycles. The molecule has 146 valence electrons. The Morgan fingerprint density at radius 3 is 2.61 bits per heavy atom. The van der Waals surface area contributed by atoms with E-state index in [0.717, 1.165) is 62.0 Å². The van der Waals surface area contributed by atoms with Crippen molar-refractivity contribution in [3.05, 3.63) is 57.5 Å². The van der Waals surface area contributed by atoms with Gasteiger partial charge in [-0.3, -0.25) is 9.36 Å². The second kappa shape index (κ2) is 7.39. The zero-order chi connectivity index (χ0) is 18.9. The van der Waals surface area contributed by atoms with E-state index in [1.165, 1.54) is 0 Å². The average molecular weight is 379 g/mol. The molecule has 28 heavy (non-hydrogen) atoms. The highest BCUT2D eigenvalue weighted by molar-refractivity contribution is 5.44. The summed E-state index contributed by atoms with van der Waals surface area (Å²) in [5.74, 6) is 1.35. The molecule has 0 radical (unpaired) electrons. The minimum absolute atomic E-state index is 0.0918. The number of aromatic nitrogens is 4. The molecule has 1 fully saturated rings. The molecule has 1 aromatic carbocycles. The summed E-state index contributed by atoms with van der Waals surface area (Å²) in [6.45, 7) is 3.44. The number of aryl methyl sites for hydroxylation is 1. The maximum absolute atomic E-state index is 13.4. The molecule has 1 saturated heterocycles. The van der Waals surface area contributed by atoms with Gasteiger partial charge in [-0.25, -0.2) is 4.52 Å². The van der Waals surface area contributed by atoms with Crippen LogP contribution in [0.2, 0.25) is 0 Å². The van der Waals surface area contributed by atoms with Gasteiger partial charge < -0.3 is 9.64 Å². The lowest BCUT2D eigenvalue weighted by atomic mass is 10.1. The van der Waals surface area contributed by atoms with Gasteiger partial charge in [-0.15, -0.1) is 5.10 Å². The molecule has 0 spiro atoms. The van der Waals surface area contributed by atoms with Gasteiger partial charge in [-0.05, 0) is 31.2 Å². The average Bonchev–Trinajstić information content (AvgIpc) is 3.03. The molecule has 2 aromatic heterocycles. The molecule has 1 aliphatic carbocycles. The fourth-order valence-corrected chi connectivity index (χ4v) is 4.24. The van der Waals surface area contributed by atoms with Gasteiger partial charge in [0.2, 0.25) is 11.7 Å². The van der Waals surface area contributed by atoms with Crippen molar-refractivity contribution in [1.29, 1.82) is 0 Å². The Bertz CT molecular complexity index is 1030. The van der Waals surface area contributed by atoms with Crippen LogP contribution in [-0.4, -0.2) is 45.5 Å². The molecule has 2 aliphatic rings. The van der Waals surface area contributed by atoms with E-state index in [9.17, 15) is 4.79 Å². The molecule has 3 aromatic rings. The first-order chi connectivity index (χ1) is 13.8. The highest BCUT2D eigenvalue weighted by atomic mass is 16.5. The lowest BCUT2D eigenvalue weighted by Crippen LogP contribution is -2.36. The highest BCUT2D eigenvalue weighted by Gasteiger charge is 2.24. The van der Waals surface area contributed by atoms with E-state index in [1.54, 1.807) is 4.57 Å². The number of nitrogens with zero attached hydrogens (tertiary/aromatic N) is 5. The summed E-state index contributed by atoms with van der Waals surface area (Å²) >= 11 is 0. The van der Waals surface area contributed by atoms with Crippen molar-refractivity contribution >= 4 is 11.7 Å². The predicted octanol–water partition coefficient (Wildman–Crippen LogP) is 2.04. The van der Waals surface area contributed by atoms with Gasteiger partial charge in [0.1, 0.15) is 0 Å². The van der Waals surface area contributed by atoms with E-state index < -0.39 is 0 Å². The van der Waals surface area contributed by atoms with Gasteiger partial charge in [-0.2, -0.15) is 4.98 Å². The topological polar surface area (TPSA) is 64.7 Å². The monoisotopic (exact) mass is 379 g/mol. The van der Waals surface area contributed by atoms with E-state index >= 15 is 0 Å². The Morgan fingerprint density at radius 2 is 1.79 bits per heavy atom. The fourth-order valence-electron chi connectivity index (χ4n) is 4.24. The van der Waals surface area contributed by atoms with Crippen molar-refractivity contribution in [3.8, 4) is 0 Å². The van der Waals surface area contributed by atoms with Gasteiger partial charge >= 0.3 is 0 Å². The minimum Gasteiger partial charge on any atom is -0.378 e. The van der Waals surface area contributed by atoms with Crippen molar-refractivity contribution in [1.82, 2.24) is 19.2 Å². The molecule has 5 rings (SSSR count). The number of ether oxygens (including phenoxy) is 1. The summed E-state index contributed by atoms with van der Waals surface area (Å²) in [7, 11) is 0. The van der Waals surface area contributed by atoms with Gasteiger partial charge in [0.15, 0.2) is 0 Å². The van der Waals surface area contributed by atoms with Crippen LogP contribution in [0.3, 0.4) is 0 Å². The van der Waals surface area contributed by atoms with Crippen LogP contribution in [0, 0.1) is 0 Å². The predicted molar refractivity (Wildman–Crippen MR) is 107 cm³/mol. The van der Waals surface area contributed by atoms with Crippen LogP contribution in [-0.2, 0) is 24.1 Å². The standard InChI is InChI=1S/C21H25N5O2/c27-19-17-9-5-2-6-10-18(17)26-21(25(19)15-16-7-3-1-4-8-16)22-20(23-26)24-11-13-28-14-12-24/h1,3-4,7-8H,2,5-6,9-15H2. The summed E-state index contributed by atoms with van der Waals surface area (Å²) in [6.07, 6.45) is 5.02. The Morgan fingerprint density at radius 1 is 1.00 bits per heavy atom. The van der Waals surface area contributed by atoms with Crippen LogP contribution in [0.25, 0.3) is 5.78 Å². The molecular weight excluding hydrogens is 354 g/mol. The van der Waals surface area contributed by atoms with Gasteiger partial charge in [0.05, 0.1) is 25.5 Å². The number of hydrogen-bond acceptors (Lipinski definition) is 5.